The van der Waals surface area contributed by atoms with Crippen molar-refractivity contribution in [3.63, 3.8) is 0 Å². The fourth-order valence-electron chi connectivity index (χ4n) is 1.51. The number of carbonyl (C=O) groups excluding carboxylic acids is 1. The lowest BCUT2D eigenvalue weighted by Gasteiger charge is -2.13. The molecule has 0 saturated heterocycles. The summed E-state index contributed by atoms with van der Waals surface area (Å²) in [6.07, 6.45) is 0. The number of hydrogen-bond acceptors (Lipinski definition) is 5. The summed E-state index contributed by atoms with van der Waals surface area (Å²) >= 11 is 0. The molecule has 1 aromatic rings. The quantitative estimate of drug-likeness (QED) is 0.473. The lowest BCUT2D eigenvalue weighted by atomic mass is 10.1. The molecule has 1 amide bonds. The number of nitrogens with one attached hydrogen (secondary N) is 1. The lowest BCUT2D eigenvalue weighted by molar-refractivity contribution is -0.385. The van der Waals surface area contributed by atoms with Gasteiger partial charge < -0.3 is 15.8 Å². The summed E-state index contributed by atoms with van der Waals surface area (Å²) in [5.41, 5.74) is 4.07. The molecule has 0 aliphatic rings. The van der Waals surface area contributed by atoms with Gasteiger partial charge in [0.1, 0.15) is 5.56 Å². The van der Waals surface area contributed by atoms with Gasteiger partial charge in [-0.3, -0.25) is 14.9 Å². The number of nitrogens with two attached hydrogens (primary N) is 1. The molecule has 0 spiro atoms. The smallest absolute Gasteiger partial charge is 0.285 e. The summed E-state index contributed by atoms with van der Waals surface area (Å²) in [6, 6.07) is 1.23. The molecule has 0 aliphatic heterocycles. The van der Waals surface area contributed by atoms with Gasteiger partial charge in [-0.1, -0.05) is 0 Å². The zero-order valence-electron chi connectivity index (χ0n) is 10.5. The van der Waals surface area contributed by atoms with E-state index in [1.54, 1.807) is 6.92 Å². The van der Waals surface area contributed by atoms with E-state index in [1.807, 2.05) is 0 Å². The first-order chi connectivity index (χ1) is 8.86. The van der Waals surface area contributed by atoms with Gasteiger partial charge in [-0.15, -0.1) is 0 Å². The lowest BCUT2D eigenvalue weighted by Crippen LogP contribution is -2.36. The van der Waals surface area contributed by atoms with Crippen LogP contribution in [0.4, 0.5) is 15.8 Å². The Morgan fingerprint density at radius 3 is 2.79 bits per heavy atom. The van der Waals surface area contributed by atoms with Crippen LogP contribution in [-0.4, -0.2) is 30.6 Å². The van der Waals surface area contributed by atoms with E-state index in [4.69, 9.17) is 10.5 Å². The molecule has 1 atom stereocenters. The van der Waals surface area contributed by atoms with Crippen molar-refractivity contribution in [3.8, 4) is 0 Å². The molecule has 1 unspecified atom stereocenters. The third-order valence-corrected chi connectivity index (χ3v) is 2.35. The highest BCUT2D eigenvalue weighted by molar-refractivity contribution is 5.99. The molecular weight excluding hydrogens is 257 g/mol. The van der Waals surface area contributed by atoms with Crippen molar-refractivity contribution >= 4 is 17.3 Å². The van der Waals surface area contributed by atoms with Crippen molar-refractivity contribution in [2.24, 2.45) is 0 Å². The predicted octanol–water partition coefficient (Wildman–Crippen LogP) is 1.08. The van der Waals surface area contributed by atoms with E-state index in [0.29, 0.717) is 6.07 Å². The monoisotopic (exact) mass is 271 g/mol. The Bertz CT molecular complexity index is 507. The minimum Gasteiger partial charge on any atom is -0.396 e. The minimum atomic E-state index is -0.937. The molecular formula is C11H14FN3O4. The van der Waals surface area contributed by atoms with Crippen LogP contribution in [0.5, 0.6) is 0 Å². The summed E-state index contributed by atoms with van der Waals surface area (Å²) in [7, 11) is 1.46. The van der Waals surface area contributed by atoms with Gasteiger partial charge in [-0.05, 0) is 13.0 Å². The number of amides is 1. The van der Waals surface area contributed by atoms with E-state index in [0.717, 1.165) is 6.07 Å². The molecule has 7 nitrogen and oxygen atoms in total. The van der Waals surface area contributed by atoms with E-state index in [-0.39, 0.29) is 23.9 Å². The maximum Gasteiger partial charge on any atom is 0.285 e. The number of carbonyl (C=O) groups is 1. The molecule has 0 saturated carbocycles. The van der Waals surface area contributed by atoms with Crippen LogP contribution in [0.25, 0.3) is 0 Å². The second-order valence-corrected chi connectivity index (χ2v) is 3.98. The van der Waals surface area contributed by atoms with Gasteiger partial charge in [0.2, 0.25) is 0 Å². The highest BCUT2D eigenvalue weighted by atomic mass is 19.1. The van der Waals surface area contributed by atoms with Crippen LogP contribution in [0, 0.1) is 15.9 Å². The van der Waals surface area contributed by atoms with Crippen molar-refractivity contribution in [1.82, 2.24) is 5.32 Å². The average molecular weight is 271 g/mol. The van der Waals surface area contributed by atoms with E-state index in [2.05, 4.69) is 5.32 Å². The zero-order valence-corrected chi connectivity index (χ0v) is 10.5. The normalized spacial score (nSPS) is 11.9. The summed E-state index contributed by atoms with van der Waals surface area (Å²) in [5, 5.41) is 13.3. The number of rotatable bonds is 5. The van der Waals surface area contributed by atoms with Crippen molar-refractivity contribution < 1.29 is 18.8 Å². The number of nitro benzene ring substituents is 1. The van der Waals surface area contributed by atoms with Gasteiger partial charge in [0.05, 0.1) is 23.3 Å². The molecule has 0 radical (unpaired) electrons. The van der Waals surface area contributed by atoms with E-state index in [1.165, 1.54) is 7.11 Å². The van der Waals surface area contributed by atoms with Crippen LogP contribution >= 0.6 is 0 Å². The number of ether oxygens (including phenoxy) is 1. The maximum atomic E-state index is 13.2. The molecule has 0 aliphatic carbocycles. The van der Waals surface area contributed by atoms with Gasteiger partial charge >= 0.3 is 0 Å². The van der Waals surface area contributed by atoms with Crippen molar-refractivity contribution in [2.75, 3.05) is 19.5 Å². The zero-order chi connectivity index (χ0) is 14.6. The summed E-state index contributed by atoms with van der Waals surface area (Å²) < 4.78 is 18.0. The molecule has 0 fully saturated rings. The first-order valence-corrected chi connectivity index (χ1v) is 5.40. The topological polar surface area (TPSA) is 107 Å². The SMILES string of the molecule is COCC(C)NC(=O)c1cc(N)c(F)cc1[N+](=O)[O-]. The molecule has 0 heterocycles. The van der Waals surface area contributed by atoms with E-state index in [9.17, 15) is 19.3 Å². The van der Waals surface area contributed by atoms with Crippen LogP contribution in [0.1, 0.15) is 17.3 Å². The van der Waals surface area contributed by atoms with Gasteiger partial charge in [0.25, 0.3) is 11.6 Å². The summed E-state index contributed by atoms with van der Waals surface area (Å²) in [4.78, 5) is 21.8. The van der Waals surface area contributed by atoms with Crippen LogP contribution in [-0.2, 0) is 4.74 Å². The molecule has 8 heteroatoms. The number of nitrogens with zero attached hydrogens (tertiary/aromatic N) is 1. The fourth-order valence-corrected chi connectivity index (χ4v) is 1.51. The molecule has 19 heavy (non-hydrogen) atoms. The van der Waals surface area contributed by atoms with Crippen LogP contribution in [0.2, 0.25) is 0 Å². The fraction of sp³-hybridized carbons (Fsp3) is 0.364. The number of anilines is 1. The average Bonchev–Trinajstić information content (AvgIpc) is 2.31. The number of halogens is 1. The van der Waals surface area contributed by atoms with Crippen molar-refractivity contribution in [2.45, 2.75) is 13.0 Å². The Hall–Kier alpha value is -2.22. The Kier molecular flexibility index (Phi) is 4.76. The summed E-state index contributed by atoms with van der Waals surface area (Å²) in [6.45, 7) is 1.91. The van der Waals surface area contributed by atoms with Crippen molar-refractivity contribution in [1.29, 1.82) is 0 Å². The predicted molar refractivity (Wildman–Crippen MR) is 66.3 cm³/mol. The largest absolute Gasteiger partial charge is 0.396 e. The van der Waals surface area contributed by atoms with Gasteiger partial charge in [0.15, 0.2) is 5.82 Å². The van der Waals surface area contributed by atoms with Crippen LogP contribution in [0.3, 0.4) is 0 Å². The highest BCUT2D eigenvalue weighted by Crippen LogP contribution is 2.24. The Morgan fingerprint density at radius 2 is 2.26 bits per heavy atom. The number of benzene rings is 1. The first-order valence-electron chi connectivity index (χ1n) is 5.40. The van der Waals surface area contributed by atoms with Gasteiger partial charge in [-0.25, -0.2) is 4.39 Å². The molecule has 3 N–H and O–H groups in total. The molecule has 0 bridgehead atoms. The molecule has 0 aromatic heterocycles. The van der Waals surface area contributed by atoms with E-state index < -0.39 is 22.3 Å². The highest BCUT2D eigenvalue weighted by Gasteiger charge is 2.23. The third kappa shape index (κ3) is 3.62. The standard InChI is InChI=1S/C11H14FN3O4/c1-6(5-19-2)14-11(16)7-3-9(13)8(12)4-10(7)15(17)18/h3-4,6H,5,13H2,1-2H3,(H,14,16). The van der Waals surface area contributed by atoms with Crippen molar-refractivity contribution in [3.05, 3.63) is 33.6 Å². The Labute approximate surface area is 108 Å². The van der Waals surface area contributed by atoms with Gasteiger partial charge in [-0.2, -0.15) is 0 Å². The number of nitro groups is 1. The third-order valence-electron chi connectivity index (χ3n) is 2.35. The van der Waals surface area contributed by atoms with Crippen LogP contribution in [0.15, 0.2) is 12.1 Å². The molecule has 104 valence electrons. The number of nitrogen functional groups attached to an aromatic ring is 1. The van der Waals surface area contributed by atoms with Gasteiger partial charge in [0, 0.05) is 13.2 Å². The summed E-state index contributed by atoms with van der Waals surface area (Å²) in [5.74, 6) is -1.64. The second kappa shape index (κ2) is 6.10. The Balaban J connectivity index is 3.08. The Morgan fingerprint density at radius 1 is 1.63 bits per heavy atom. The minimum absolute atomic E-state index is 0.246. The van der Waals surface area contributed by atoms with E-state index >= 15 is 0 Å². The number of hydrogen-bond donors (Lipinski definition) is 2. The van der Waals surface area contributed by atoms with Crippen LogP contribution < -0.4 is 11.1 Å². The molecule has 1 aromatic carbocycles. The maximum absolute atomic E-state index is 13.2. The number of methoxy groups -OCH3 is 1. The second-order valence-electron chi connectivity index (χ2n) is 3.98. The first kappa shape index (κ1) is 14.8. The molecule has 1 rings (SSSR count).